The van der Waals surface area contributed by atoms with Crippen molar-refractivity contribution in [2.24, 2.45) is 0 Å². The zero-order valence-electron chi connectivity index (χ0n) is 10.9. The molecule has 1 aromatic rings. The van der Waals surface area contributed by atoms with Gasteiger partial charge < -0.3 is 10.1 Å². The van der Waals surface area contributed by atoms with E-state index in [0.717, 1.165) is 27.1 Å². The summed E-state index contributed by atoms with van der Waals surface area (Å²) in [5.41, 5.74) is 0.924. The first kappa shape index (κ1) is 8.07. The van der Waals surface area contributed by atoms with Gasteiger partial charge in [0.05, 0.1) is 12.8 Å². The van der Waals surface area contributed by atoms with E-state index < -0.39 is 6.18 Å². The van der Waals surface area contributed by atoms with Crippen molar-refractivity contribution in [2.75, 3.05) is 25.7 Å². The maximum Gasteiger partial charge on any atom is 0.121 e. The van der Waals surface area contributed by atoms with Crippen molar-refractivity contribution in [1.82, 2.24) is 0 Å². The Hall–Kier alpha value is -0.130. The van der Waals surface area contributed by atoms with E-state index in [2.05, 4.69) is 5.32 Å². The molecule has 0 unspecified atom stereocenters. The second kappa shape index (κ2) is 6.37. The van der Waals surface area contributed by atoms with Crippen molar-refractivity contribution < 1.29 is 8.85 Å². The molecule has 0 saturated heterocycles. The van der Waals surface area contributed by atoms with Crippen molar-refractivity contribution in [3.63, 3.8) is 0 Å². The van der Waals surface area contributed by atoms with Gasteiger partial charge >= 0.3 is 0 Å². The molecule has 78 valence electrons. The maximum absolute atomic E-state index is 7.09. The van der Waals surface area contributed by atoms with E-state index in [1.54, 1.807) is 7.11 Å². The molecule has 14 heavy (non-hydrogen) atoms. The Morgan fingerprint density at radius 1 is 1.64 bits per heavy atom. The molecule has 1 rings (SSSR count). The molecule has 5 heteroatoms. The SMILES string of the molecule is [1H][13C]([1H])([2H])SSSc1ccc(OC)cc1NC. The van der Waals surface area contributed by atoms with Gasteiger partial charge in [0.1, 0.15) is 5.75 Å². The first-order valence-corrected chi connectivity index (χ1v) is 7.33. The van der Waals surface area contributed by atoms with E-state index in [-0.39, 0.29) is 0 Å². The van der Waals surface area contributed by atoms with Crippen LogP contribution in [-0.4, -0.2) is 20.3 Å². The fourth-order valence-corrected chi connectivity index (χ4v) is 3.16. The van der Waals surface area contributed by atoms with E-state index in [1.807, 2.05) is 25.2 Å². The molecule has 0 fully saturated rings. The molecule has 0 radical (unpaired) electrons. The molecular weight excluding hydrogens is 235 g/mol. The minimum atomic E-state index is -1.97. The first-order chi connectivity index (χ1) is 7.96. The van der Waals surface area contributed by atoms with E-state index in [0.29, 0.717) is 0 Å². The van der Waals surface area contributed by atoms with Crippen LogP contribution in [0.4, 0.5) is 5.69 Å². The molecule has 0 aliphatic carbocycles. The molecule has 0 atom stereocenters. The normalized spacial score (nSPS) is 14.0. The van der Waals surface area contributed by atoms with E-state index >= 15 is 0 Å². The standard InChI is InChI=1S/C9H13NOS3/c1-10-8-6-7(11-2)4-5-9(8)13-14-12-3/h4-6,10H,1-3H3/i3+1DH2. The van der Waals surface area contributed by atoms with Crippen LogP contribution in [0.2, 0.25) is 0 Å². The van der Waals surface area contributed by atoms with Gasteiger partial charge in [-0.3, -0.25) is 0 Å². The second-order valence-electron chi connectivity index (χ2n) is 2.35. The summed E-state index contributed by atoms with van der Waals surface area (Å²) in [5, 5.41) is 3.05. The highest BCUT2D eigenvalue weighted by Crippen LogP contribution is 2.42. The molecule has 0 heterocycles. The zero-order chi connectivity index (χ0) is 12.9. The summed E-state index contributed by atoms with van der Waals surface area (Å²) in [4.78, 5) is 0.982. The lowest BCUT2D eigenvalue weighted by Crippen LogP contribution is -1.91. The van der Waals surface area contributed by atoms with Gasteiger partial charge in [-0.2, -0.15) is 0 Å². The molecule has 1 N–H and O–H groups in total. The molecule has 2 nitrogen and oxygen atoms in total. The highest BCUT2D eigenvalue weighted by atomic mass is 33.5. The number of ether oxygens (including phenoxy) is 1. The number of hydrogen-bond donors (Lipinski definition) is 1. The summed E-state index contributed by atoms with van der Waals surface area (Å²) in [5.74, 6) is 0.771. The minimum Gasteiger partial charge on any atom is -0.497 e. The van der Waals surface area contributed by atoms with Gasteiger partial charge in [-0.25, -0.2) is 0 Å². The zero-order valence-corrected chi connectivity index (χ0v) is 10.3. The van der Waals surface area contributed by atoms with Crippen LogP contribution in [0.5, 0.6) is 5.75 Å². The minimum absolute atomic E-state index is 0.771. The van der Waals surface area contributed by atoms with Crippen LogP contribution >= 0.6 is 31.4 Å². The van der Waals surface area contributed by atoms with Crippen LogP contribution in [0.1, 0.15) is 4.11 Å². The monoisotopic (exact) mass is 249 g/mol. The van der Waals surface area contributed by atoms with Crippen LogP contribution in [0, 0.1) is 0 Å². The lowest BCUT2D eigenvalue weighted by Gasteiger charge is -2.09. The highest BCUT2D eigenvalue weighted by molar-refractivity contribution is 9.09. The van der Waals surface area contributed by atoms with Gasteiger partial charge in [0.25, 0.3) is 0 Å². The van der Waals surface area contributed by atoms with Crippen molar-refractivity contribution in [1.29, 1.82) is 0 Å². The topological polar surface area (TPSA) is 21.3 Å². The Morgan fingerprint density at radius 3 is 3.14 bits per heavy atom. The van der Waals surface area contributed by atoms with Crippen molar-refractivity contribution in [3.05, 3.63) is 18.2 Å². The van der Waals surface area contributed by atoms with Gasteiger partial charge in [-0.15, -0.1) is 0 Å². The fraction of sp³-hybridized carbons (Fsp3) is 0.333. The van der Waals surface area contributed by atoms with Crippen LogP contribution in [0.15, 0.2) is 23.1 Å². The van der Waals surface area contributed by atoms with E-state index in [4.69, 9.17) is 8.85 Å². The lowest BCUT2D eigenvalue weighted by atomic mass is 10.3. The van der Waals surface area contributed by atoms with E-state index in [9.17, 15) is 0 Å². The largest absolute Gasteiger partial charge is 0.497 e. The number of rotatable bonds is 5. The van der Waals surface area contributed by atoms with Crippen LogP contribution in [0.25, 0.3) is 0 Å². The summed E-state index contributed by atoms with van der Waals surface area (Å²) >= 11 is 0. The molecule has 0 spiro atoms. The van der Waals surface area contributed by atoms with Crippen molar-refractivity contribution in [2.45, 2.75) is 4.90 Å². The van der Waals surface area contributed by atoms with Crippen molar-refractivity contribution >= 4 is 37.1 Å². The average Bonchev–Trinajstić information content (AvgIpc) is 2.27. The molecule has 0 aromatic heterocycles. The number of benzene rings is 1. The summed E-state index contributed by atoms with van der Waals surface area (Å²) in [6, 6.07) is 5.63. The summed E-state index contributed by atoms with van der Waals surface area (Å²) in [6.07, 6.45) is -1.97. The molecule has 0 aliphatic rings. The second-order valence-corrected chi connectivity index (χ2v) is 5.89. The van der Waals surface area contributed by atoms with Crippen LogP contribution in [-0.2, 0) is 0 Å². The molecule has 1 aromatic carbocycles. The maximum atomic E-state index is 7.09. The van der Waals surface area contributed by atoms with Crippen LogP contribution in [0.3, 0.4) is 0 Å². The van der Waals surface area contributed by atoms with Gasteiger partial charge in [-0.1, -0.05) is 10.8 Å². The number of methoxy groups -OCH3 is 1. The Bertz CT molecular complexity index is 373. The van der Waals surface area contributed by atoms with Crippen molar-refractivity contribution in [3.8, 4) is 5.75 Å². The summed E-state index contributed by atoms with van der Waals surface area (Å²) in [6.45, 7) is 0. The first-order valence-electron chi connectivity index (χ1n) is 5.34. The quantitative estimate of drug-likeness (QED) is 0.632. The van der Waals surface area contributed by atoms with Crippen LogP contribution < -0.4 is 10.1 Å². The van der Waals surface area contributed by atoms with Gasteiger partial charge in [0.15, 0.2) is 0 Å². The molecular formula is C9H13NOS3. The van der Waals surface area contributed by atoms with Gasteiger partial charge in [-0.05, 0) is 38.9 Å². The Balaban J connectivity index is 2.64. The van der Waals surface area contributed by atoms with Gasteiger partial charge in [0, 0.05) is 22.1 Å². The molecule has 0 amide bonds. The predicted molar refractivity (Wildman–Crippen MR) is 69.5 cm³/mol. The molecule has 0 bridgehead atoms. The van der Waals surface area contributed by atoms with Gasteiger partial charge in [0.2, 0.25) is 0 Å². The lowest BCUT2D eigenvalue weighted by molar-refractivity contribution is 0.414. The molecule has 0 saturated carbocycles. The fourth-order valence-electron chi connectivity index (χ4n) is 0.958. The Morgan fingerprint density at radius 2 is 2.50 bits per heavy atom. The third-order valence-corrected chi connectivity index (χ3v) is 4.46. The Labute approximate surface area is 101 Å². The Kier molecular flexibility index (Phi) is 3.67. The third kappa shape index (κ3) is 3.22. The third-order valence-electron chi connectivity index (χ3n) is 1.61. The summed E-state index contributed by atoms with van der Waals surface area (Å²) in [7, 11) is 6.98. The van der Waals surface area contributed by atoms with E-state index in [1.165, 1.54) is 20.6 Å². The molecule has 0 aliphatic heterocycles. The predicted octanol–water partition coefficient (Wildman–Crippen LogP) is 3.76. The number of hydrogen-bond acceptors (Lipinski definition) is 5. The average molecular weight is 249 g/mol. The smallest absolute Gasteiger partial charge is 0.121 e. The summed E-state index contributed by atoms with van der Waals surface area (Å²) < 4.78 is 26.4. The highest BCUT2D eigenvalue weighted by Gasteiger charge is 2.03. The number of anilines is 1. The number of nitrogens with one attached hydrogen (secondary N) is 1.